The Hall–Kier alpha value is -0.560. The molecule has 0 amide bonds. The molecule has 1 N–H and O–H groups in total. The molecule has 0 aromatic heterocycles. The van der Waals surface area contributed by atoms with Gasteiger partial charge in [-0.25, -0.2) is 0 Å². The summed E-state index contributed by atoms with van der Waals surface area (Å²) in [5, 5.41) is 3.21. The Kier molecular flexibility index (Phi) is 1.22. The second-order valence-electron chi connectivity index (χ2n) is 2.21. The van der Waals surface area contributed by atoms with Crippen molar-refractivity contribution < 1.29 is 0 Å². The molecule has 1 heteroatoms. The molecular formula is C7H11N. The number of hydrogen-bond donors (Lipinski definition) is 1. The lowest BCUT2D eigenvalue weighted by molar-refractivity contribution is 0.793. The summed E-state index contributed by atoms with van der Waals surface area (Å²) >= 11 is 0. The van der Waals surface area contributed by atoms with Gasteiger partial charge in [0.1, 0.15) is 0 Å². The predicted molar refractivity (Wildman–Crippen MR) is 35.7 cm³/mol. The third kappa shape index (κ3) is 0.819. The maximum Gasteiger partial charge on any atom is 0.0524 e. The van der Waals surface area contributed by atoms with Crippen LogP contribution in [0, 0.1) is 0 Å². The van der Waals surface area contributed by atoms with E-state index in [-0.39, 0.29) is 5.54 Å². The summed E-state index contributed by atoms with van der Waals surface area (Å²) in [5.41, 5.74) is 0.238. The van der Waals surface area contributed by atoms with Gasteiger partial charge in [-0.3, -0.25) is 0 Å². The molecule has 44 valence electrons. The zero-order valence-corrected chi connectivity index (χ0v) is 4.98. The van der Waals surface area contributed by atoms with Crippen LogP contribution in [0.25, 0.3) is 0 Å². The van der Waals surface area contributed by atoms with Crippen molar-refractivity contribution in [3.05, 3.63) is 25.3 Å². The Balaban J connectivity index is 2.40. The quantitative estimate of drug-likeness (QED) is 0.425. The van der Waals surface area contributed by atoms with Crippen molar-refractivity contribution in [1.82, 2.24) is 5.32 Å². The second-order valence-corrected chi connectivity index (χ2v) is 2.21. The minimum absolute atomic E-state index is 0.238. The molecule has 1 fully saturated rings. The number of hydrogen-bond acceptors (Lipinski definition) is 1. The van der Waals surface area contributed by atoms with E-state index in [0.29, 0.717) is 0 Å². The average Bonchev–Trinajstić information content (AvgIpc) is 2.50. The first-order valence-corrected chi connectivity index (χ1v) is 2.82. The van der Waals surface area contributed by atoms with E-state index in [9.17, 15) is 0 Å². The summed E-state index contributed by atoms with van der Waals surface area (Å²) in [6.45, 7) is 8.42. The summed E-state index contributed by atoms with van der Waals surface area (Å²) in [5.74, 6) is 0. The predicted octanol–water partition coefficient (Wildman–Crippen LogP) is 1.09. The Labute approximate surface area is 50.1 Å². The van der Waals surface area contributed by atoms with Crippen LogP contribution in [0.5, 0.6) is 0 Å². The molecule has 0 aromatic carbocycles. The summed E-state index contributed by atoms with van der Waals surface area (Å²) < 4.78 is 0. The van der Waals surface area contributed by atoms with Gasteiger partial charge in [0.15, 0.2) is 0 Å². The molecule has 1 atom stereocenters. The fraction of sp³-hybridized carbons (Fsp3) is 0.429. The molecule has 0 bridgehead atoms. The van der Waals surface area contributed by atoms with Crippen LogP contribution >= 0.6 is 0 Å². The van der Waals surface area contributed by atoms with E-state index in [4.69, 9.17) is 0 Å². The molecule has 0 spiro atoms. The van der Waals surface area contributed by atoms with E-state index in [1.807, 2.05) is 12.2 Å². The van der Waals surface area contributed by atoms with Crippen LogP contribution in [0.3, 0.4) is 0 Å². The van der Waals surface area contributed by atoms with Gasteiger partial charge in [-0.05, 0) is 6.42 Å². The SMILES string of the molecule is C=CCC1(C=C)CN1. The molecule has 8 heavy (non-hydrogen) atoms. The van der Waals surface area contributed by atoms with Crippen LogP contribution < -0.4 is 5.32 Å². The standard InChI is InChI=1S/C7H11N/c1-3-5-7(4-2)6-8-7/h3-4,8H,1-2,5-6H2. The largest absolute Gasteiger partial charge is 0.304 e. The third-order valence-electron chi connectivity index (χ3n) is 1.53. The maximum atomic E-state index is 3.70. The van der Waals surface area contributed by atoms with Crippen LogP contribution in [0.15, 0.2) is 25.3 Å². The lowest BCUT2D eigenvalue weighted by Crippen LogP contribution is -2.08. The Morgan fingerprint density at radius 2 is 2.25 bits per heavy atom. The van der Waals surface area contributed by atoms with Crippen LogP contribution in [-0.2, 0) is 0 Å². The molecule has 1 saturated heterocycles. The van der Waals surface area contributed by atoms with Crippen LogP contribution in [0.4, 0.5) is 0 Å². The lowest BCUT2D eigenvalue weighted by atomic mass is 10.1. The summed E-state index contributed by atoms with van der Waals surface area (Å²) in [6.07, 6.45) is 4.88. The first-order valence-electron chi connectivity index (χ1n) is 2.82. The van der Waals surface area contributed by atoms with Crippen molar-refractivity contribution in [2.24, 2.45) is 0 Å². The van der Waals surface area contributed by atoms with E-state index in [0.717, 1.165) is 13.0 Å². The van der Waals surface area contributed by atoms with E-state index in [2.05, 4.69) is 18.5 Å². The highest BCUT2D eigenvalue weighted by molar-refractivity contribution is 5.17. The molecule has 1 unspecified atom stereocenters. The highest BCUT2D eigenvalue weighted by atomic mass is 15.1. The monoisotopic (exact) mass is 109 g/mol. The van der Waals surface area contributed by atoms with Gasteiger partial charge in [0.2, 0.25) is 0 Å². The summed E-state index contributed by atoms with van der Waals surface area (Å²) in [4.78, 5) is 0. The van der Waals surface area contributed by atoms with Crippen molar-refractivity contribution in [1.29, 1.82) is 0 Å². The molecule has 1 aliphatic rings. The van der Waals surface area contributed by atoms with E-state index in [1.54, 1.807) is 0 Å². The fourth-order valence-corrected chi connectivity index (χ4v) is 0.743. The normalized spacial score (nSPS) is 34.0. The molecule has 1 aliphatic heterocycles. The van der Waals surface area contributed by atoms with E-state index >= 15 is 0 Å². The molecule has 0 aromatic rings. The average molecular weight is 109 g/mol. The zero-order valence-electron chi connectivity index (χ0n) is 4.98. The van der Waals surface area contributed by atoms with E-state index in [1.165, 1.54) is 0 Å². The van der Waals surface area contributed by atoms with Crippen molar-refractivity contribution in [3.63, 3.8) is 0 Å². The number of rotatable bonds is 3. The molecule has 1 heterocycles. The van der Waals surface area contributed by atoms with Crippen LogP contribution in [0.2, 0.25) is 0 Å². The van der Waals surface area contributed by atoms with Gasteiger partial charge in [0.05, 0.1) is 5.54 Å². The van der Waals surface area contributed by atoms with Gasteiger partial charge in [0.25, 0.3) is 0 Å². The minimum Gasteiger partial charge on any atom is -0.304 e. The molecule has 0 saturated carbocycles. The van der Waals surface area contributed by atoms with Gasteiger partial charge < -0.3 is 5.32 Å². The highest BCUT2D eigenvalue weighted by Gasteiger charge is 2.36. The maximum absolute atomic E-state index is 3.70. The molecule has 0 aliphatic carbocycles. The van der Waals surface area contributed by atoms with Gasteiger partial charge >= 0.3 is 0 Å². The highest BCUT2D eigenvalue weighted by Crippen LogP contribution is 2.22. The minimum atomic E-state index is 0.238. The van der Waals surface area contributed by atoms with Crippen molar-refractivity contribution in [3.8, 4) is 0 Å². The van der Waals surface area contributed by atoms with Gasteiger partial charge in [-0.2, -0.15) is 0 Å². The molecule has 0 radical (unpaired) electrons. The molecule has 1 nitrogen and oxygen atoms in total. The second kappa shape index (κ2) is 1.75. The molecular weight excluding hydrogens is 98.1 g/mol. The summed E-state index contributed by atoms with van der Waals surface area (Å²) in [6, 6.07) is 0. The Morgan fingerprint density at radius 1 is 1.62 bits per heavy atom. The van der Waals surface area contributed by atoms with Gasteiger partial charge in [-0.15, -0.1) is 13.2 Å². The molecule has 1 rings (SSSR count). The topological polar surface area (TPSA) is 21.9 Å². The first kappa shape index (κ1) is 5.57. The first-order chi connectivity index (χ1) is 3.83. The van der Waals surface area contributed by atoms with Crippen LogP contribution in [0.1, 0.15) is 6.42 Å². The van der Waals surface area contributed by atoms with Crippen molar-refractivity contribution >= 4 is 0 Å². The third-order valence-corrected chi connectivity index (χ3v) is 1.53. The van der Waals surface area contributed by atoms with Crippen molar-refractivity contribution in [2.75, 3.05) is 6.54 Å². The smallest absolute Gasteiger partial charge is 0.0524 e. The Morgan fingerprint density at radius 3 is 2.38 bits per heavy atom. The number of nitrogens with one attached hydrogen (secondary N) is 1. The summed E-state index contributed by atoms with van der Waals surface area (Å²) in [7, 11) is 0. The Bertz CT molecular complexity index is 112. The van der Waals surface area contributed by atoms with Gasteiger partial charge in [-0.1, -0.05) is 12.2 Å². The zero-order chi connectivity index (χ0) is 6.04. The van der Waals surface area contributed by atoms with Crippen molar-refractivity contribution in [2.45, 2.75) is 12.0 Å². The van der Waals surface area contributed by atoms with E-state index < -0.39 is 0 Å². The lowest BCUT2D eigenvalue weighted by Gasteiger charge is -1.99. The van der Waals surface area contributed by atoms with Crippen LogP contribution in [-0.4, -0.2) is 12.1 Å². The van der Waals surface area contributed by atoms with Gasteiger partial charge in [0, 0.05) is 6.54 Å². The fourth-order valence-electron chi connectivity index (χ4n) is 0.743.